The minimum Gasteiger partial charge on any atom is -0.343 e. The number of alkyl halides is 3. The molecule has 0 aliphatic carbocycles. The van der Waals surface area contributed by atoms with E-state index in [0.717, 1.165) is 0 Å². The average Bonchev–Trinajstić information content (AvgIpc) is 2.95. The van der Waals surface area contributed by atoms with Crippen LogP contribution in [0.25, 0.3) is 17.0 Å². The highest BCUT2D eigenvalue weighted by Gasteiger charge is 2.28. The number of halogens is 4. The van der Waals surface area contributed by atoms with Crippen molar-refractivity contribution in [3.05, 3.63) is 47.4 Å². The van der Waals surface area contributed by atoms with Crippen LogP contribution in [-0.2, 0) is 0 Å². The van der Waals surface area contributed by atoms with E-state index in [1.807, 2.05) is 5.32 Å². The highest BCUT2D eigenvalue weighted by molar-refractivity contribution is 6.30. The zero-order valence-corrected chi connectivity index (χ0v) is 12.6. The van der Waals surface area contributed by atoms with Crippen LogP contribution < -0.4 is 5.32 Å². The summed E-state index contributed by atoms with van der Waals surface area (Å²) in [5.41, 5.74) is 1.03. The molecular weight excluding hydrogens is 347 g/mol. The zero-order valence-electron chi connectivity index (χ0n) is 11.9. The van der Waals surface area contributed by atoms with Gasteiger partial charge in [0.05, 0.1) is 10.6 Å². The molecule has 0 saturated heterocycles. The molecule has 3 rings (SSSR count). The Labute approximate surface area is 138 Å². The number of hydrogen-bond donors (Lipinski definition) is 1. The Kier molecular flexibility index (Phi) is 4.10. The normalized spacial score (nSPS) is 11.7. The van der Waals surface area contributed by atoms with Crippen LogP contribution in [0, 0.1) is 0 Å². The molecule has 0 aliphatic rings. The lowest BCUT2D eigenvalue weighted by atomic mass is 10.2. The van der Waals surface area contributed by atoms with Crippen LogP contribution in [0.5, 0.6) is 0 Å². The van der Waals surface area contributed by atoms with Crippen molar-refractivity contribution < 1.29 is 18.0 Å². The fraction of sp³-hybridized carbons (Fsp3) is 0.143. The standard InChI is InChI=1S/C14H9ClF3N5O/c15-10-3-9(4-19-5-10)12-22-21-11-2-1-8(6-23(11)12)13(24)20-7-14(16,17)18/h1-6H,7H2,(H,20,24). The molecule has 0 aliphatic heterocycles. The number of fused-ring (bicyclic) bond motifs is 1. The molecule has 3 heterocycles. The van der Waals surface area contributed by atoms with Gasteiger partial charge in [-0.25, -0.2) is 0 Å². The number of rotatable bonds is 3. The summed E-state index contributed by atoms with van der Waals surface area (Å²) >= 11 is 5.89. The lowest BCUT2D eigenvalue weighted by molar-refractivity contribution is -0.123. The number of aromatic nitrogens is 4. The molecule has 0 unspecified atom stereocenters. The van der Waals surface area contributed by atoms with Gasteiger partial charge in [-0.3, -0.25) is 14.2 Å². The van der Waals surface area contributed by atoms with Gasteiger partial charge in [-0.2, -0.15) is 13.2 Å². The first kappa shape index (κ1) is 16.2. The van der Waals surface area contributed by atoms with Crippen molar-refractivity contribution in [2.24, 2.45) is 0 Å². The molecule has 3 aromatic heterocycles. The molecular formula is C14H9ClF3N5O. The fourth-order valence-electron chi connectivity index (χ4n) is 2.04. The number of amides is 1. The molecule has 0 atom stereocenters. The number of nitrogens with one attached hydrogen (secondary N) is 1. The molecule has 0 saturated carbocycles. The van der Waals surface area contributed by atoms with E-state index >= 15 is 0 Å². The van der Waals surface area contributed by atoms with Gasteiger partial charge in [0.1, 0.15) is 6.54 Å². The first-order valence-corrected chi connectivity index (χ1v) is 7.02. The maximum atomic E-state index is 12.2. The Hall–Kier alpha value is -2.68. The molecule has 6 nitrogen and oxygen atoms in total. The van der Waals surface area contributed by atoms with Gasteiger partial charge in [-0.05, 0) is 18.2 Å². The van der Waals surface area contributed by atoms with E-state index in [1.54, 1.807) is 6.07 Å². The van der Waals surface area contributed by atoms with Gasteiger partial charge in [0, 0.05) is 24.2 Å². The lowest BCUT2D eigenvalue weighted by Crippen LogP contribution is -2.33. The Morgan fingerprint density at radius 2 is 2.04 bits per heavy atom. The molecule has 0 fully saturated rings. The monoisotopic (exact) mass is 355 g/mol. The highest BCUT2D eigenvalue weighted by Crippen LogP contribution is 2.21. The maximum Gasteiger partial charge on any atom is 0.405 e. The Bertz CT molecular complexity index is 909. The second kappa shape index (κ2) is 6.08. The topological polar surface area (TPSA) is 72.2 Å². The molecule has 3 aromatic rings. The summed E-state index contributed by atoms with van der Waals surface area (Å²) in [6.07, 6.45) is -0.158. The summed E-state index contributed by atoms with van der Waals surface area (Å²) < 4.78 is 38.1. The summed E-state index contributed by atoms with van der Waals surface area (Å²) in [6, 6.07) is 4.47. The van der Waals surface area contributed by atoms with E-state index in [0.29, 0.717) is 22.1 Å². The average molecular weight is 356 g/mol. The third-order valence-electron chi connectivity index (χ3n) is 3.08. The van der Waals surface area contributed by atoms with Crippen LogP contribution in [0.15, 0.2) is 36.8 Å². The Balaban J connectivity index is 1.96. The van der Waals surface area contributed by atoms with Crippen molar-refractivity contribution in [3.63, 3.8) is 0 Å². The molecule has 10 heteroatoms. The number of nitrogens with zero attached hydrogens (tertiary/aromatic N) is 4. The van der Waals surface area contributed by atoms with Crippen molar-refractivity contribution in [3.8, 4) is 11.4 Å². The first-order chi connectivity index (χ1) is 11.3. The van der Waals surface area contributed by atoms with Crippen LogP contribution in [0.1, 0.15) is 10.4 Å². The van der Waals surface area contributed by atoms with Gasteiger partial charge < -0.3 is 5.32 Å². The smallest absolute Gasteiger partial charge is 0.343 e. The Morgan fingerprint density at radius 1 is 1.25 bits per heavy atom. The van der Waals surface area contributed by atoms with Crippen LogP contribution in [-0.4, -0.2) is 38.2 Å². The Morgan fingerprint density at radius 3 is 2.75 bits per heavy atom. The molecule has 0 bridgehead atoms. The van der Waals surface area contributed by atoms with Gasteiger partial charge in [-0.15, -0.1) is 10.2 Å². The molecule has 124 valence electrons. The third-order valence-corrected chi connectivity index (χ3v) is 3.28. The maximum absolute atomic E-state index is 12.2. The number of hydrogen-bond acceptors (Lipinski definition) is 4. The summed E-state index contributed by atoms with van der Waals surface area (Å²) in [4.78, 5) is 15.8. The summed E-state index contributed by atoms with van der Waals surface area (Å²) in [5, 5.41) is 10.1. The van der Waals surface area contributed by atoms with E-state index in [4.69, 9.17) is 11.6 Å². The lowest BCUT2D eigenvalue weighted by Gasteiger charge is -2.08. The van der Waals surface area contributed by atoms with Gasteiger partial charge in [0.25, 0.3) is 5.91 Å². The van der Waals surface area contributed by atoms with E-state index in [1.165, 1.54) is 35.1 Å². The van der Waals surface area contributed by atoms with Crippen LogP contribution >= 0.6 is 11.6 Å². The molecule has 0 aromatic carbocycles. The van der Waals surface area contributed by atoms with E-state index in [-0.39, 0.29) is 5.56 Å². The van der Waals surface area contributed by atoms with Crippen LogP contribution in [0.2, 0.25) is 5.02 Å². The molecule has 1 amide bonds. The van der Waals surface area contributed by atoms with E-state index < -0.39 is 18.6 Å². The second-order valence-electron chi connectivity index (χ2n) is 4.86. The second-order valence-corrected chi connectivity index (χ2v) is 5.30. The van der Waals surface area contributed by atoms with Crippen molar-refractivity contribution in [1.82, 2.24) is 24.9 Å². The largest absolute Gasteiger partial charge is 0.405 e. The quantitative estimate of drug-likeness (QED) is 0.784. The number of pyridine rings is 2. The first-order valence-electron chi connectivity index (χ1n) is 6.64. The van der Waals surface area contributed by atoms with E-state index in [2.05, 4.69) is 15.2 Å². The van der Waals surface area contributed by atoms with Gasteiger partial charge in [0.2, 0.25) is 0 Å². The van der Waals surface area contributed by atoms with Crippen molar-refractivity contribution >= 4 is 23.2 Å². The SMILES string of the molecule is O=C(NCC(F)(F)F)c1ccc2nnc(-c3cncc(Cl)c3)n2c1. The number of carbonyl (C=O) groups excluding carboxylic acids is 1. The van der Waals surface area contributed by atoms with Gasteiger partial charge in [-0.1, -0.05) is 11.6 Å². The molecule has 24 heavy (non-hydrogen) atoms. The minimum atomic E-state index is -4.48. The van der Waals surface area contributed by atoms with Crippen LogP contribution in [0.4, 0.5) is 13.2 Å². The minimum absolute atomic E-state index is 0.0442. The van der Waals surface area contributed by atoms with Crippen LogP contribution in [0.3, 0.4) is 0 Å². The predicted molar refractivity (Wildman–Crippen MR) is 79.6 cm³/mol. The summed E-state index contributed by atoms with van der Waals surface area (Å²) in [7, 11) is 0. The van der Waals surface area contributed by atoms with Crippen molar-refractivity contribution in [1.29, 1.82) is 0 Å². The molecule has 1 N–H and O–H groups in total. The highest BCUT2D eigenvalue weighted by atomic mass is 35.5. The summed E-state index contributed by atoms with van der Waals surface area (Å²) in [5.74, 6) is -0.483. The third kappa shape index (κ3) is 3.46. The van der Waals surface area contributed by atoms with Crippen molar-refractivity contribution in [2.45, 2.75) is 6.18 Å². The van der Waals surface area contributed by atoms with Gasteiger partial charge >= 0.3 is 6.18 Å². The molecule has 0 radical (unpaired) electrons. The molecule has 0 spiro atoms. The summed E-state index contributed by atoms with van der Waals surface area (Å²) in [6.45, 7) is -1.41. The zero-order chi connectivity index (χ0) is 17.3. The fourth-order valence-corrected chi connectivity index (χ4v) is 2.21. The van der Waals surface area contributed by atoms with E-state index in [9.17, 15) is 18.0 Å². The van der Waals surface area contributed by atoms with Gasteiger partial charge in [0.15, 0.2) is 11.5 Å². The van der Waals surface area contributed by atoms with Crippen molar-refractivity contribution in [2.75, 3.05) is 6.54 Å². The predicted octanol–water partition coefficient (Wildman–Crippen LogP) is 2.74. The number of carbonyl (C=O) groups is 1.